The van der Waals surface area contributed by atoms with Crippen molar-refractivity contribution in [1.82, 2.24) is 15.6 Å². The maximum absolute atomic E-state index is 12.6. The van der Waals surface area contributed by atoms with Crippen LogP contribution in [0.1, 0.15) is 32.8 Å². The van der Waals surface area contributed by atoms with E-state index in [0.717, 1.165) is 5.56 Å². The zero-order valence-corrected chi connectivity index (χ0v) is 19.2. The maximum Gasteiger partial charge on any atom is 0.408 e. The quantitative estimate of drug-likeness (QED) is 0.224. The predicted molar refractivity (Wildman–Crippen MR) is 121 cm³/mol. The summed E-state index contributed by atoms with van der Waals surface area (Å²) in [7, 11) is 1.33. The summed E-state index contributed by atoms with van der Waals surface area (Å²) in [4.78, 5) is 24.7. The third-order valence-corrected chi connectivity index (χ3v) is 5.18. The smallest absolute Gasteiger partial charge is 0.408 e. The largest absolute Gasteiger partial charge is 0.444 e. The van der Waals surface area contributed by atoms with Crippen molar-refractivity contribution >= 4 is 42.1 Å². The third kappa shape index (κ3) is 10.6. The summed E-state index contributed by atoms with van der Waals surface area (Å²) >= 11 is 2.05. The number of carbonyl (C=O) groups is 2. The van der Waals surface area contributed by atoms with Crippen molar-refractivity contribution in [2.75, 3.05) is 6.54 Å². The maximum atomic E-state index is 12.6. The summed E-state index contributed by atoms with van der Waals surface area (Å²) in [5, 5.41) is 7.37. The van der Waals surface area contributed by atoms with Gasteiger partial charge in [0.05, 0.1) is 5.03 Å². The first-order valence-corrected chi connectivity index (χ1v) is 12.0. The molecule has 0 aliphatic rings. The molecule has 1 aromatic carbocycles. The molecule has 0 saturated heterocycles. The van der Waals surface area contributed by atoms with Gasteiger partial charge in [-0.25, -0.2) is 10.6 Å². The molecule has 1 aromatic rings. The van der Waals surface area contributed by atoms with Crippen LogP contribution in [0.25, 0.3) is 0 Å². The molecule has 1 atom stereocenters. The Morgan fingerprint density at radius 2 is 1.96 bits per heavy atom. The lowest BCUT2D eigenvalue weighted by Gasteiger charge is -2.24. The van der Waals surface area contributed by atoms with Gasteiger partial charge in [-0.05, 0) is 41.7 Å². The summed E-state index contributed by atoms with van der Waals surface area (Å²) < 4.78 is 5.26. The molecular formula is C18H28IN5O3S. The van der Waals surface area contributed by atoms with Gasteiger partial charge in [-0.2, -0.15) is 0 Å². The highest BCUT2D eigenvalue weighted by molar-refractivity contribution is 14.2. The summed E-state index contributed by atoms with van der Waals surface area (Å²) in [6.45, 7) is 5.95. The Bertz CT molecular complexity index is 667. The Morgan fingerprint density at radius 1 is 1.32 bits per heavy atom. The van der Waals surface area contributed by atoms with Gasteiger partial charge in [0.1, 0.15) is 11.6 Å². The summed E-state index contributed by atoms with van der Waals surface area (Å²) in [5.41, 5.74) is 6.03. The molecule has 0 aliphatic heterocycles. The Labute approximate surface area is 182 Å². The zero-order valence-electron chi connectivity index (χ0n) is 16.3. The highest BCUT2D eigenvalue weighted by Crippen LogP contribution is 2.18. The van der Waals surface area contributed by atoms with Crippen molar-refractivity contribution in [3.05, 3.63) is 47.1 Å². The fraction of sp³-hybridized carbons (Fsp3) is 0.444. The Hall–Kier alpha value is -1.66. The van der Waals surface area contributed by atoms with Gasteiger partial charge in [-0.3, -0.25) is 4.79 Å². The number of nitrogens with zero attached hydrogens (tertiary/aromatic N) is 1. The molecule has 1 unspecified atom stereocenters. The lowest BCUT2D eigenvalue weighted by atomic mass is 10.1. The van der Waals surface area contributed by atoms with Crippen molar-refractivity contribution < 1.29 is 14.3 Å². The Balaban J connectivity index is 2.72. The van der Waals surface area contributed by atoms with Gasteiger partial charge < -0.3 is 26.1 Å². The van der Waals surface area contributed by atoms with Crippen molar-refractivity contribution in [3.8, 4) is 0 Å². The molecule has 0 radical (unpaired) electrons. The number of benzene rings is 1. The standard InChI is InChI=1S/C18H28IN5O3S/c1-18(2,3)27-17(26)23-14(9-10-24(21)12-15(20)28-19)16(25)22-11-13-7-5-4-6-8-13/h4-8,12,14H,9-11,20-21H2,1-3H3,(H,22,25)(H,23,26)/b15-12+. The van der Waals surface area contributed by atoms with Crippen LogP contribution >= 0.6 is 30.1 Å². The van der Waals surface area contributed by atoms with Crippen molar-refractivity contribution in [2.24, 2.45) is 11.6 Å². The van der Waals surface area contributed by atoms with Crippen LogP contribution < -0.4 is 22.2 Å². The van der Waals surface area contributed by atoms with E-state index in [9.17, 15) is 9.59 Å². The van der Waals surface area contributed by atoms with Crippen LogP contribution in [-0.2, 0) is 16.1 Å². The predicted octanol–water partition coefficient (Wildman–Crippen LogP) is 2.60. The van der Waals surface area contributed by atoms with Gasteiger partial charge in [-0.1, -0.05) is 30.3 Å². The molecule has 156 valence electrons. The van der Waals surface area contributed by atoms with Gasteiger partial charge in [0, 0.05) is 40.5 Å². The number of halogens is 1. The number of carbonyl (C=O) groups excluding carboxylic acids is 2. The first-order valence-electron chi connectivity index (χ1n) is 8.69. The number of hydrogen-bond acceptors (Lipinski definition) is 7. The Kier molecular flexibility index (Phi) is 10.5. The molecule has 0 aliphatic carbocycles. The molecule has 28 heavy (non-hydrogen) atoms. The van der Waals surface area contributed by atoms with Crippen LogP contribution in [0.5, 0.6) is 0 Å². The van der Waals surface area contributed by atoms with Gasteiger partial charge >= 0.3 is 6.09 Å². The number of hydrazine groups is 1. The van der Waals surface area contributed by atoms with Gasteiger partial charge in [-0.15, -0.1) is 0 Å². The molecular weight excluding hydrogens is 493 g/mol. The van der Waals surface area contributed by atoms with Crippen molar-refractivity contribution in [3.63, 3.8) is 0 Å². The fourth-order valence-corrected chi connectivity index (χ4v) is 2.67. The first-order chi connectivity index (χ1) is 13.1. The van der Waals surface area contributed by atoms with Crippen LogP contribution in [0.15, 0.2) is 41.6 Å². The first kappa shape index (κ1) is 24.4. The number of nitrogens with two attached hydrogens (primary N) is 2. The molecule has 0 bridgehead atoms. The van der Waals surface area contributed by atoms with E-state index in [0.29, 0.717) is 18.1 Å². The average Bonchev–Trinajstić information content (AvgIpc) is 2.62. The van der Waals surface area contributed by atoms with Crippen LogP contribution in [0.4, 0.5) is 4.79 Å². The fourth-order valence-electron chi connectivity index (χ4n) is 2.15. The number of rotatable bonds is 9. The molecule has 0 heterocycles. The monoisotopic (exact) mass is 521 g/mol. The van der Waals surface area contributed by atoms with Gasteiger partial charge in [0.25, 0.3) is 0 Å². The molecule has 8 nitrogen and oxygen atoms in total. The minimum Gasteiger partial charge on any atom is -0.444 e. The lowest BCUT2D eigenvalue weighted by Crippen LogP contribution is -2.49. The number of hydrogen-bond donors (Lipinski definition) is 4. The normalized spacial score (nSPS) is 12.8. The summed E-state index contributed by atoms with van der Waals surface area (Å²) in [6, 6.07) is 8.71. The second kappa shape index (κ2) is 12.0. The molecule has 0 saturated carbocycles. The second-order valence-electron chi connectivity index (χ2n) is 7.04. The zero-order chi connectivity index (χ0) is 21.2. The SMILES string of the molecule is CC(C)(C)OC(=O)NC(CCN(N)/C=C(\N)SI)C(=O)NCc1ccccc1. The van der Waals surface area contributed by atoms with Gasteiger partial charge in [0.15, 0.2) is 0 Å². The van der Waals surface area contributed by atoms with E-state index < -0.39 is 17.7 Å². The van der Waals surface area contributed by atoms with E-state index in [2.05, 4.69) is 10.6 Å². The Morgan fingerprint density at radius 3 is 2.54 bits per heavy atom. The van der Waals surface area contributed by atoms with E-state index in [1.807, 2.05) is 51.5 Å². The second-order valence-corrected chi connectivity index (χ2v) is 8.98. The molecule has 2 amide bonds. The molecule has 0 aromatic heterocycles. The van der Waals surface area contributed by atoms with Crippen LogP contribution in [0.3, 0.4) is 0 Å². The average molecular weight is 521 g/mol. The molecule has 10 heteroatoms. The number of amides is 2. The number of ether oxygens (including phenoxy) is 1. The van der Waals surface area contributed by atoms with Crippen molar-refractivity contribution in [1.29, 1.82) is 0 Å². The minimum atomic E-state index is -0.800. The van der Waals surface area contributed by atoms with Crippen LogP contribution in [0.2, 0.25) is 0 Å². The van der Waals surface area contributed by atoms with E-state index in [4.69, 9.17) is 16.3 Å². The highest BCUT2D eigenvalue weighted by atomic mass is 127. The van der Waals surface area contributed by atoms with Crippen molar-refractivity contribution in [2.45, 2.75) is 45.4 Å². The van der Waals surface area contributed by atoms with Gasteiger partial charge in [0.2, 0.25) is 5.91 Å². The van der Waals surface area contributed by atoms with Crippen LogP contribution in [0, 0.1) is 0 Å². The van der Waals surface area contributed by atoms with E-state index >= 15 is 0 Å². The lowest BCUT2D eigenvalue weighted by molar-refractivity contribution is -0.123. The summed E-state index contributed by atoms with van der Waals surface area (Å²) in [6.07, 6.45) is 1.20. The topological polar surface area (TPSA) is 123 Å². The molecule has 1 rings (SSSR count). The number of alkyl carbamates (subject to hydrolysis) is 1. The van der Waals surface area contributed by atoms with E-state index in [-0.39, 0.29) is 12.3 Å². The number of nitrogens with one attached hydrogen (secondary N) is 2. The highest BCUT2D eigenvalue weighted by Gasteiger charge is 2.24. The third-order valence-electron chi connectivity index (χ3n) is 3.38. The molecule has 6 N–H and O–H groups in total. The molecule has 0 spiro atoms. The van der Waals surface area contributed by atoms with E-state index in [1.54, 1.807) is 27.0 Å². The minimum absolute atomic E-state index is 0.284. The van der Waals surface area contributed by atoms with Crippen LogP contribution in [-0.4, -0.2) is 35.2 Å². The molecule has 0 fully saturated rings. The van der Waals surface area contributed by atoms with E-state index in [1.165, 1.54) is 13.9 Å². The summed E-state index contributed by atoms with van der Waals surface area (Å²) in [5.74, 6) is 5.56.